The highest BCUT2D eigenvalue weighted by molar-refractivity contribution is 6.58. The molecule has 0 bridgehead atoms. The fraction of sp³-hybridized carbons (Fsp3) is 0.600. The average molecular weight is 281 g/mol. The first-order chi connectivity index (χ1) is 9.47. The highest BCUT2D eigenvalue weighted by Crippen LogP contribution is 2.12. The van der Waals surface area contributed by atoms with Crippen LogP contribution in [0.1, 0.15) is 45.6 Å². The lowest BCUT2D eigenvalue weighted by Gasteiger charge is -2.28. The lowest BCUT2D eigenvalue weighted by Crippen LogP contribution is -2.34. The minimum absolute atomic E-state index is 0.208. The van der Waals surface area contributed by atoms with Gasteiger partial charge in [-0.15, -0.1) is 0 Å². The van der Waals surface area contributed by atoms with Crippen molar-refractivity contribution in [2.45, 2.75) is 52.6 Å². The van der Waals surface area contributed by atoms with E-state index in [0.717, 1.165) is 37.4 Å². The summed E-state index contributed by atoms with van der Waals surface area (Å²) in [6.45, 7) is 8.05. The molecule has 0 aliphatic heterocycles. The van der Waals surface area contributed by atoms with Crippen molar-refractivity contribution in [3.8, 4) is 0 Å². The third-order valence-corrected chi connectivity index (χ3v) is 3.68. The molecule has 1 aromatic carbocycles. The van der Waals surface area contributed by atoms with Gasteiger partial charge in [-0.3, -0.25) is 4.90 Å². The minimum atomic E-state index is -1.63. The van der Waals surface area contributed by atoms with Gasteiger partial charge in [-0.1, -0.05) is 26.3 Å². The molecule has 0 radical (unpaired) electrons. The molecule has 3 nitrogen and oxygen atoms in total. The van der Waals surface area contributed by atoms with Gasteiger partial charge in [0.1, 0.15) is 5.82 Å². The number of nitrogens with zero attached hydrogens (tertiary/aromatic N) is 1. The Morgan fingerprint density at radius 2 is 1.95 bits per heavy atom. The van der Waals surface area contributed by atoms with E-state index >= 15 is 0 Å². The van der Waals surface area contributed by atoms with Crippen LogP contribution in [0.25, 0.3) is 0 Å². The van der Waals surface area contributed by atoms with Crippen LogP contribution < -0.4 is 5.46 Å². The van der Waals surface area contributed by atoms with Crippen LogP contribution in [0.3, 0.4) is 0 Å². The number of hydrogen-bond donors (Lipinski definition) is 2. The number of unbranched alkanes of at least 4 members (excludes halogenated alkanes) is 1. The Bertz CT molecular complexity index is 415. The van der Waals surface area contributed by atoms with Crippen molar-refractivity contribution in [1.82, 2.24) is 4.90 Å². The van der Waals surface area contributed by atoms with E-state index in [1.54, 1.807) is 6.07 Å². The lowest BCUT2D eigenvalue weighted by molar-refractivity contribution is 0.192. The summed E-state index contributed by atoms with van der Waals surface area (Å²) in [5.74, 6) is -0.426. The van der Waals surface area contributed by atoms with E-state index in [4.69, 9.17) is 0 Å². The summed E-state index contributed by atoms with van der Waals surface area (Å²) in [6, 6.07) is 4.71. The minimum Gasteiger partial charge on any atom is -0.423 e. The van der Waals surface area contributed by atoms with Crippen molar-refractivity contribution in [3.63, 3.8) is 0 Å². The Morgan fingerprint density at radius 3 is 2.50 bits per heavy atom. The van der Waals surface area contributed by atoms with Gasteiger partial charge in [-0.25, -0.2) is 4.39 Å². The second-order valence-corrected chi connectivity index (χ2v) is 5.35. The van der Waals surface area contributed by atoms with Crippen molar-refractivity contribution < 1.29 is 14.4 Å². The number of hydrogen-bond acceptors (Lipinski definition) is 3. The maximum atomic E-state index is 13.5. The molecule has 1 rings (SSSR count). The van der Waals surface area contributed by atoms with Gasteiger partial charge in [0, 0.05) is 12.6 Å². The summed E-state index contributed by atoms with van der Waals surface area (Å²) in [7, 11) is -1.63. The summed E-state index contributed by atoms with van der Waals surface area (Å²) in [4.78, 5) is 2.31. The van der Waals surface area contributed by atoms with E-state index in [2.05, 4.69) is 25.7 Å². The Kier molecular flexibility index (Phi) is 7.20. The fourth-order valence-corrected chi connectivity index (χ4v) is 2.22. The number of rotatable bonds is 8. The monoisotopic (exact) mass is 281 g/mol. The first-order valence-electron chi connectivity index (χ1n) is 7.37. The summed E-state index contributed by atoms with van der Waals surface area (Å²) in [5.41, 5.74) is 0.990. The molecular weight excluding hydrogens is 256 g/mol. The molecule has 1 atom stereocenters. The zero-order valence-corrected chi connectivity index (χ0v) is 12.6. The van der Waals surface area contributed by atoms with Crippen molar-refractivity contribution in [3.05, 3.63) is 29.6 Å². The Balaban J connectivity index is 2.86. The molecule has 0 aliphatic carbocycles. The Hall–Kier alpha value is -0.905. The molecule has 20 heavy (non-hydrogen) atoms. The SMILES string of the molecule is CCCCN(Cc1cc(F)cc(B(O)O)c1)C(C)CC. The van der Waals surface area contributed by atoms with Crippen LogP contribution in [0.15, 0.2) is 18.2 Å². The molecule has 1 unspecified atom stereocenters. The molecule has 0 aromatic heterocycles. The van der Waals surface area contributed by atoms with Gasteiger partial charge in [-0.05, 0) is 49.5 Å². The quantitative estimate of drug-likeness (QED) is 0.715. The summed E-state index contributed by atoms with van der Waals surface area (Å²) in [5, 5.41) is 18.4. The highest BCUT2D eigenvalue weighted by atomic mass is 19.1. The molecule has 112 valence electrons. The van der Waals surface area contributed by atoms with Gasteiger partial charge in [-0.2, -0.15) is 0 Å². The van der Waals surface area contributed by atoms with Crippen LogP contribution in [0.4, 0.5) is 4.39 Å². The van der Waals surface area contributed by atoms with E-state index < -0.39 is 12.9 Å². The summed E-state index contributed by atoms with van der Waals surface area (Å²) < 4.78 is 13.5. The molecule has 2 N–H and O–H groups in total. The van der Waals surface area contributed by atoms with Crippen LogP contribution in [0.5, 0.6) is 0 Å². The van der Waals surface area contributed by atoms with Crippen molar-refractivity contribution in [2.24, 2.45) is 0 Å². The lowest BCUT2D eigenvalue weighted by atomic mass is 9.79. The number of halogens is 1. The third kappa shape index (κ3) is 5.23. The van der Waals surface area contributed by atoms with Gasteiger partial charge in [0.2, 0.25) is 0 Å². The van der Waals surface area contributed by atoms with E-state index in [1.165, 1.54) is 6.07 Å². The van der Waals surface area contributed by atoms with Crippen LogP contribution in [-0.2, 0) is 6.54 Å². The molecule has 5 heteroatoms. The number of benzene rings is 1. The summed E-state index contributed by atoms with van der Waals surface area (Å²) >= 11 is 0. The van der Waals surface area contributed by atoms with Gasteiger partial charge in [0.05, 0.1) is 0 Å². The predicted molar refractivity (Wildman–Crippen MR) is 81.3 cm³/mol. The first kappa shape index (κ1) is 17.1. The maximum Gasteiger partial charge on any atom is 0.488 e. The molecule has 0 saturated heterocycles. The Labute approximate surface area is 121 Å². The molecular formula is C15H25BFNO2. The van der Waals surface area contributed by atoms with Gasteiger partial charge in [0.25, 0.3) is 0 Å². The molecule has 1 aromatic rings. The molecule has 0 heterocycles. The van der Waals surface area contributed by atoms with Crippen molar-refractivity contribution in [1.29, 1.82) is 0 Å². The third-order valence-electron chi connectivity index (χ3n) is 3.68. The standard InChI is InChI=1S/C15H25BFNO2/c1-4-6-7-18(12(3)5-2)11-13-8-14(16(19)20)10-15(17)9-13/h8-10,12,19-20H,4-7,11H2,1-3H3. The van der Waals surface area contributed by atoms with Crippen molar-refractivity contribution in [2.75, 3.05) is 6.54 Å². The van der Waals surface area contributed by atoms with E-state index in [1.807, 2.05) is 0 Å². The molecule has 0 saturated carbocycles. The van der Waals surface area contributed by atoms with Crippen molar-refractivity contribution >= 4 is 12.6 Å². The largest absolute Gasteiger partial charge is 0.488 e. The van der Waals surface area contributed by atoms with Crippen LogP contribution in [0.2, 0.25) is 0 Å². The predicted octanol–water partition coefficient (Wildman–Crippen LogP) is 1.91. The smallest absolute Gasteiger partial charge is 0.423 e. The van der Waals surface area contributed by atoms with Crippen LogP contribution in [0, 0.1) is 5.82 Å². The fourth-order valence-electron chi connectivity index (χ4n) is 2.22. The zero-order chi connectivity index (χ0) is 15.1. The van der Waals surface area contributed by atoms with Gasteiger partial charge >= 0.3 is 7.12 Å². The molecule has 0 amide bonds. The maximum absolute atomic E-state index is 13.5. The topological polar surface area (TPSA) is 43.7 Å². The normalized spacial score (nSPS) is 12.8. The molecule has 0 spiro atoms. The zero-order valence-electron chi connectivity index (χ0n) is 12.6. The van der Waals surface area contributed by atoms with E-state index in [0.29, 0.717) is 12.6 Å². The molecule has 0 aliphatic rings. The second kappa shape index (κ2) is 8.40. The van der Waals surface area contributed by atoms with Crippen LogP contribution >= 0.6 is 0 Å². The summed E-state index contributed by atoms with van der Waals surface area (Å²) in [6.07, 6.45) is 3.26. The Morgan fingerprint density at radius 1 is 1.25 bits per heavy atom. The second-order valence-electron chi connectivity index (χ2n) is 5.35. The van der Waals surface area contributed by atoms with E-state index in [9.17, 15) is 14.4 Å². The molecule has 0 fully saturated rings. The average Bonchev–Trinajstić information content (AvgIpc) is 2.41. The van der Waals surface area contributed by atoms with Gasteiger partial charge < -0.3 is 10.0 Å². The first-order valence-corrected chi connectivity index (χ1v) is 7.37. The van der Waals surface area contributed by atoms with Gasteiger partial charge in [0.15, 0.2) is 0 Å². The van der Waals surface area contributed by atoms with E-state index in [-0.39, 0.29) is 5.46 Å². The van der Waals surface area contributed by atoms with Crippen LogP contribution in [-0.4, -0.2) is 34.7 Å². The highest BCUT2D eigenvalue weighted by Gasteiger charge is 2.16.